The Balaban J connectivity index is 2.76. The minimum absolute atomic E-state index is 0.00255. The molecule has 0 aliphatic carbocycles. The molecule has 0 aromatic heterocycles. The van der Waals surface area contributed by atoms with Crippen molar-refractivity contribution in [2.75, 3.05) is 13.2 Å². The van der Waals surface area contributed by atoms with Gasteiger partial charge in [0.2, 0.25) is 5.91 Å². The van der Waals surface area contributed by atoms with E-state index < -0.39 is 6.04 Å². The van der Waals surface area contributed by atoms with Gasteiger partial charge in [0.05, 0.1) is 11.4 Å². The van der Waals surface area contributed by atoms with E-state index in [0.717, 1.165) is 12.8 Å². The van der Waals surface area contributed by atoms with Crippen molar-refractivity contribution in [2.45, 2.75) is 50.9 Å². The van der Waals surface area contributed by atoms with E-state index in [-0.39, 0.29) is 22.6 Å². The molecule has 1 fully saturated rings. The first kappa shape index (κ1) is 15.5. The summed E-state index contributed by atoms with van der Waals surface area (Å²) in [5.74, 6) is -0.0565. The van der Waals surface area contributed by atoms with Crippen molar-refractivity contribution in [3.63, 3.8) is 0 Å². The molecule has 1 saturated heterocycles. The van der Waals surface area contributed by atoms with Crippen LogP contribution in [0.4, 0.5) is 0 Å². The minimum Gasteiger partial charge on any atom is -0.464 e. The molecule has 1 aliphatic rings. The number of likely N-dealkylation sites (tertiary alicyclic amines) is 1. The van der Waals surface area contributed by atoms with Crippen LogP contribution >= 0.6 is 15.9 Å². The molecule has 0 radical (unpaired) electrons. The quantitative estimate of drug-likeness (QED) is 0.590. The second-order valence-electron chi connectivity index (χ2n) is 4.94. The lowest BCUT2D eigenvalue weighted by Gasteiger charge is -2.35. The summed E-state index contributed by atoms with van der Waals surface area (Å²) < 4.78 is 5.05. The summed E-state index contributed by atoms with van der Waals surface area (Å²) in [7, 11) is 0. The number of ether oxygens (including phenoxy) is 1. The third-order valence-electron chi connectivity index (χ3n) is 3.17. The van der Waals surface area contributed by atoms with Gasteiger partial charge < -0.3 is 9.64 Å². The first-order valence-corrected chi connectivity index (χ1v) is 7.51. The van der Waals surface area contributed by atoms with Gasteiger partial charge in [0.25, 0.3) is 0 Å². The smallest absolute Gasteiger partial charge is 0.328 e. The van der Waals surface area contributed by atoms with Gasteiger partial charge in [-0.15, -0.1) is 0 Å². The average molecular weight is 320 g/mol. The van der Waals surface area contributed by atoms with Crippen molar-refractivity contribution in [3.05, 3.63) is 0 Å². The van der Waals surface area contributed by atoms with Gasteiger partial charge in [0.1, 0.15) is 6.04 Å². The number of hydrogen-bond acceptors (Lipinski definition) is 3. The summed E-state index contributed by atoms with van der Waals surface area (Å²) in [6.45, 7) is 6.77. The molecule has 0 aromatic rings. The molecular formula is C13H22BrNO3. The number of nitrogens with zero attached hydrogens (tertiary/aromatic N) is 1. The number of alkyl halides is 1. The number of halogens is 1. The molecule has 18 heavy (non-hydrogen) atoms. The summed E-state index contributed by atoms with van der Waals surface area (Å²) in [5.41, 5.74) is 0. The predicted octanol–water partition coefficient (Wildman–Crippen LogP) is 2.35. The first-order valence-electron chi connectivity index (χ1n) is 6.60. The Bertz CT molecular complexity index is 307. The zero-order valence-electron chi connectivity index (χ0n) is 11.3. The molecule has 1 aliphatic heterocycles. The van der Waals surface area contributed by atoms with Gasteiger partial charge in [0, 0.05) is 6.54 Å². The maximum atomic E-state index is 12.3. The zero-order valence-corrected chi connectivity index (χ0v) is 12.9. The SMILES string of the molecule is CCOC(=O)C1CCCCN1C(=O)C(Br)C(C)C. The Labute approximate surface area is 117 Å². The van der Waals surface area contributed by atoms with Gasteiger partial charge in [0.15, 0.2) is 0 Å². The van der Waals surface area contributed by atoms with Gasteiger partial charge in [-0.25, -0.2) is 4.79 Å². The van der Waals surface area contributed by atoms with Crippen LogP contribution in [0.3, 0.4) is 0 Å². The number of esters is 1. The van der Waals surface area contributed by atoms with Gasteiger partial charge >= 0.3 is 5.97 Å². The van der Waals surface area contributed by atoms with E-state index in [1.54, 1.807) is 11.8 Å². The van der Waals surface area contributed by atoms with Crippen LogP contribution in [0.1, 0.15) is 40.0 Å². The Hall–Kier alpha value is -0.580. The fourth-order valence-corrected chi connectivity index (χ4v) is 2.39. The highest BCUT2D eigenvalue weighted by molar-refractivity contribution is 9.10. The van der Waals surface area contributed by atoms with E-state index in [2.05, 4.69) is 15.9 Å². The predicted molar refractivity (Wildman–Crippen MR) is 73.5 cm³/mol. The van der Waals surface area contributed by atoms with E-state index in [0.29, 0.717) is 19.6 Å². The van der Waals surface area contributed by atoms with Gasteiger partial charge in [-0.3, -0.25) is 4.79 Å². The summed E-state index contributed by atoms with van der Waals surface area (Å²) in [6.07, 6.45) is 2.64. The van der Waals surface area contributed by atoms with E-state index in [1.807, 2.05) is 13.8 Å². The molecule has 5 heteroatoms. The molecule has 0 spiro atoms. The summed E-state index contributed by atoms with van der Waals surface area (Å²) in [5, 5.41) is 0. The molecule has 4 nitrogen and oxygen atoms in total. The summed E-state index contributed by atoms with van der Waals surface area (Å²) in [6, 6.07) is -0.398. The van der Waals surface area contributed by atoms with Crippen LogP contribution in [0.15, 0.2) is 0 Å². The Morgan fingerprint density at radius 3 is 2.61 bits per heavy atom. The highest BCUT2D eigenvalue weighted by Gasteiger charge is 2.36. The largest absolute Gasteiger partial charge is 0.464 e. The maximum Gasteiger partial charge on any atom is 0.328 e. The van der Waals surface area contributed by atoms with Crippen LogP contribution in [-0.4, -0.2) is 40.8 Å². The number of piperidine rings is 1. The fraction of sp³-hybridized carbons (Fsp3) is 0.846. The number of carbonyl (C=O) groups is 2. The average Bonchev–Trinajstić information content (AvgIpc) is 2.37. The molecule has 0 aromatic carbocycles. The lowest BCUT2D eigenvalue weighted by Crippen LogP contribution is -2.51. The van der Waals surface area contributed by atoms with Crippen molar-refractivity contribution >= 4 is 27.8 Å². The molecule has 0 bridgehead atoms. The molecule has 0 saturated carbocycles. The normalized spacial score (nSPS) is 21.8. The second kappa shape index (κ2) is 7.12. The van der Waals surface area contributed by atoms with Gasteiger partial charge in [-0.05, 0) is 32.1 Å². The van der Waals surface area contributed by atoms with Crippen LogP contribution in [0.5, 0.6) is 0 Å². The molecular weight excluding hydrogens is 298 g/mol. The fourth-order valence-electron chi connectivity index (χ4n) is 2.12. The van der Waals surface area contributed by atoms with Crippen molar-refractivity contribution in [1.82, 2.24) is 4.90 Å². The highest BCUT2D eigenvalue weighted by Crippen LogP contribution is 2.23. The van der Waals surface area contributed by atoms with Crippen LogP contribution in [0.25, 0.3) is 0 Å². The van der Waals surface area contributed by atoms with E-state index in [1.165, 1.54) is 0 Å². The Morgan fingerprint density at radius 2 is 2.06 bits per heavy atom. The van der Waals surface area contributed by atoms with Crippen LogP contribution in [0.2, 0.25) is 0 Å². The van der Waals surface area contributed by atoms with Crippen molar-refractivity contribution in [1.29, 1.82) is 0 Å². The molecule has 1 amide bonds. The molecule has 1 rings (SSSR count). The van der Waals surface area contributed by atoms with Crippen molar-refractivity contribution in [3.8, 4) is 0 Å². The van der Waals surface area contributed by atoms with Crippen LogP contribution < -0.4 is 0 Å². The number of rotatable bonds is 4. The van der Waals surface area contributed by atoms with Crippen LogP contribution in [-0.2, 0) is 14.3 Å². The Kier molecular flexibility index (Phi) is 6.12. The molecule has 1 heterocycles. The zero-order chi connectivity index (χ0) is 13.7. The maximum absolute atomic E-state index is 12.3. The first-order chi connectivity index (χ1) is 8.49. The number of carbonyl (C=O) groups excluding carboxylic acids is 2. The van der Waals surface area contributed by atoms with Crippen molar-refractivity contribution in [2.24, 2.45) is 5.92 Å². The van der Waals surface area contributed by atoms with E-state index in [4.69, 9.17) is 4.74 Å². The molecule has 104 valence electrons. The minimum atomic E-state index is -0.398. The van der Waals surface area contributed by atoms with E-state index >= 15 is 0 Å². The Morgan fingerprint density at radius 1 is 1.39 bits per heavy atom. The number of amides is 1. The van der Waals surface area contributed by atoms with Crippen molar-refractivity contribution < 1.29 is 14.3 Å². The lowest BCUT2D eigenvalue weighted by molar-refractivity contribution is -0.156. The van der Waals surface area contributed by atoms with Gasteiger partial charge in [-0.1, -0.05) is 29.8 Å². The summed E-state index contributed by atoms with van der Waals surface area (Å²) in [4.78, 5) is 25.7. The lowest BCUT2D eigenvalue weighted by atomic mass is 10.00. The third-order valence-corrected chi connectivity index (χ3v) is 4.61. The standard InChI is InChI=1S/C13H22BrNO3/c1-4-18-13(17)10-7-5-6-8-15(10)12(16)11(14)9(2)3/h9-11H,4-8H2,1-3H3. The second-order valence-corrected chi connectivity index (χ2v) is 5.93. The molecule has 2 unspecified atom stereocenters. The highest BCUT2D eigenvalue weighted by atomic mass is 79.9. The molecule has 2 atom stereocenters. The van der Waals surface area contributed by atoms with E-state index in [9.17, 15) is 9.59 Å². The monoisotopic (exact) mass is 319 g/mol. The summed E-state index contributed by atoms with van der Waals surface area (Å²) >= 11 is 3.42. The third kappa shape index (κ3) is 3.70. The van der Waals surface area contributed by atoms with Crippen LogP contribution in [0, 0.1) is 5.92 Å². The topological polar surface area (TPSA) is 46.6 Å². The number of hydrogen-bond donors (Lipinski definition) is 0. The molecule has 0 N–H and O–H groups in total. The van der Waals surface area contributed by atoms with Gasteiger partial charge in [-0.2, -0.15) is 0 Å².